The Bertz CT molecular complexity index is 731. The number of anilines is 2. The number of fused-ring (bicyclic) bond motifs is 1. The first-order valence-corrected chi connectivity index (χ1v) is 6.52. The molecule has 112 valence electrons. The molecule has 2 heterocycles. The average Bonchev–Trinajstić information content (AvgIpc) is 2.46. The summed E-state index contributed by atoms with van der Waals surface area (Å²) in [6, 6.07) is 7.56. The van der Waals surface area contributed by atoms with Gasteiger partial charge in [0.25, 0.3) is 0 Å². The van der Waals surface area contributed by atoms with Crippen LogP contribution in [0.3, 0.4) is 0 Å². The largest absolute Gasteiger partial charge is 0.483 e. The number of benzene rings is 1. The van der Waals surface area contributed by atoms with Crippen LogP contribution in [-0.2, 0) is 0 Å². The van der Waals surface area contributed by atoms with Crippen LogP contribution in [0.25, 0.3) is 6.08 Å². The van der Waals surface area contributed by atoms with Crippen LogP contribution in [0.1, 0.15) is 25.0 Å². The maximum atomic E-state index is 8.73. The number of ether oxygens (including phenoxy) is 1. The molecule has 0 radical (unpaired) electrons. The minimum Gasteiger partial charge on any atom is -0.483 e. The highest BCUT2D eigenvalue weighted by Gasteiger charge is 2.21. The van der Waals surface area contributed by atoms with Gasteiger partial charge >= 0.3 is 0 Å². The van der Waals surface area contributed by atoms with Gasteiger partial charge in [-0.25, -0.2) is 9.97 Å². The topological polar surface area (TPSA) is 124 Å². The third-order valence-electron chi connectivity index (χ3n) is 2.79. The molecule has 4 N–H and O–H groups in total. The molecule has 1 aliphatic rings. The Morgan fingerprint density at radius 3 is 2.41 bits per heavy atom. The predicted molar refractivity (Wildman–Crippen MR) is 83.5 cm³/mol. The summed E-state index contributed by atoms with van der Waals surface area (Å²) in [5.74, 6) is 1.14. The van der Waals surface area contributed by atoms with Crippen LogP contribution >= 0.6 is 0 Å². The fourth-order valence-corrected chi connectivity index (χ4v) is 1.77. The molecule has 7 nitrogen and oxygen atoms in total. The zero-order valence-electron chi connectivity index (χ0n) is 12.3. The fourth-order valence-electron chi connectivity index (χ4n) is 1.77. The van der Waals surface area contributed by atoms with Gasteiger partial charge in [-0.05, 0) is 38.1 Å². The molecular formula is C15H16N6O. The monoisotopic (exact) mass is 296 g/mol. The molecule has 1 aliphatic heterocycles. The van der Waals surface area contributed by atoms with Gasteiger partial charge in [0.2, 0.25) is 11.9 Å². The summed E-state index contributed by atoms with van der Waals surface area (Å²) in [4.78, 5) is 10.5. The number of nitrogen functional groups attached to an aromatic ring is 2. The number of nitriles is 1. The molecule has 0 unspecified atom stereocenters. The SMILES string of the molecule is CC1(C)C=Cc2cc(C#N)ccc2O1.Nc1ncnc(N)n1. The van der Waals surface area contributed by atoms with E-state index in [1.165, 1.54) is 6.33 Å². The van der Waals surface area contributed by atoms with Crippen molar-refractivity contribution in [1.82, 2.24) is 15.0 Å². The van der Waals surface area contributed by atoms with Crippen molar-refractivity contribution < 1.29 is 4.74 Å². The molecule has 1 aromatic carbocycles. The molecule has 0 fully saturated rings. The summed E-state index contributed by atoms with van der Waals surface area (Å²) in [7, 11) is 0. The normalized spacial score (nSPS) is 13.9. The van der Waals surface area contributed by atoms with Gasteiger partial charge in [-0.1, -0.05) is 6.08 Å². The van der Waals surface area contributed by atoms with Crippen molar-refractivity contribution in [2.24, 2.45) is 0 Å². The Labute approximate surface area is 128 Å². The van der Waals surface area contributed by atoms with E-state index in [0.29, 0.717) is 5.56 Å². The van der Waals surface area contributed by atoms with Crippen LogP contribution in [0, 0.1) is 11.3 Å². The molecule has 0 atom stereocenters. The summed E-state index contributed by atoms with van der Waals surface area (Å²) >= 11 is 0. The smallest absolute Gasteiger partial charge is 0.224 e. The van der Waals surface area contributed by atoms with Gasteiger partial charge in [0, 0.05) is 5.56 Å². The predicted octanol–water partition coefficient (Wildman–Crippen LogP) is 1.78. The van der Waals surface area contributed by atoms with E-state index >= 15 is 0 Å². The number of nitrogens with two attached hydrogens (primary N) is 2. The van der Waals surface area contributed by atoms with Crippen molar-refractivity contribution in [1.29, 1.82) is 5.26 Å². The Morgan fingerprint density at radius 1 is 1.18 bits per heavy atom. The molecule has 0 amide bonds. The molecule has 7 heteroatoms. The summed E-state index contributed by atoms with van der Waals surface area (Å²) in [5, 5.41) is 8.73. The lowest BCUT2D eigenvalue weighted by Crippen LogP contribution is -2.27. The van der Waals surface area contributed by atoms with E-state index in [4.69, 9.17) is 21.5 Å². The van der Waals surface area contributed by atoms with E-state index in [9.17, 15) is 0 Å². The summed E-state index contributed by atoms with van der Waals surface area (Å²) < 4.78 is 5.72. The van der Waals surface area contributed by atoms with Crippen LogP contribution in [0.2, 0.25) is 0 Å². The second-order valence-electron chi connectivity index (χ2n) is 5.11. The lowest BCUT2D eigenvalue weighted by molar-refractivity contribution is 0.159. The summed E-state index contributed by atoms with van der Waals surface area (Å²) in [5.41, 5.74) is 11.6. The molecule has 0 saturated carbocycles. The number of hydrogen-bond donors (Lipinski definition) is 2. The van der Waals surface area contributed by atoms with E-state index in [2.05, 4.69) is 21.0 Å². The Balaban J connectivity index is 0.000000188. The quantitative estimate of drug-likeness (QED) is 0.759. The molecule has 22 heavy (non-hydrogen) atoms. The van der Waals surface area contributed by atoms with E-state index in [0.717, 1.165) is 11.3 Å². The maximum Gasteiger partial charge on any atom is 0.224 e. The number of nitrogens with zero attached hydrogens (tertiary/aromatic N) is 4. The highest BCUT2D eigenvalue weighted by atomic mass is 16.5. The van der Waals surface area contributed by atoms with Crippen molar-refractivity contribution in [3.05, 3.63) is 41.7 Å². The molecule has 0 spiro atoms. The van der Waals surface area contributed by atoms with Gasteiger partial charge in [0.15, 0.2) is 0 Å². The van der Waals surface area contributed by atoms with Crippen molar-refractivity contribution in [2.75, 3.05) is 11.5 Å². The molecule has 0 aliphatic carbocycles. The highest BCUT2D eigenvalue weighted by Crippen LogP contribution is 2.30. The molecule has 0 bridgehead atoms. The first-order chi connectivity index (χ1) is 10.4. The molecule has 2 aromatic rings. The van der Waals surface area contributed by atoms with Crippen LogP contribution in [0.5, 0.6) is 5.75 Å². The van der Waals surface area contributed by atoms with Gasteiger partial charge in [0.05, 0.1) is 11.6 Å². The van der Waals surface area contributed by atoms with Gasteiger partial charge < -0.3 is 16.2 Å². The lowest BCUT2D eigenvalue weighted by atomic mass is 10.0. The number of rotatable bonds is 0. The van der Waals surface area contributed by atoms with Gasteiger partial charge in [-0.15, -0.1) is 0 Å². The Morgan fingerprint density at radius 2 is 1.86 bits per heavy atom. The lowest BCUT2D eigenvalue weighted by Gasteiger charge is -2.27. The van der Waals surface area contributed by atoms with Crippen LogP contribution < -0.4 is 16.2 Å². The Kier molecular flexibility index (Phi) is 4.23. The molecule has 1 aromatic heterocycles. The average molecular weight is 296 g/mol. The van der Waals surface area contributed by atoms with E-state index in [-0.39, 0.29) is 17.5 Å². The first kappa shape index (κ1) is 15.3. The maximum absolute atomic E-state index is 8.73. The molecule has 3 rings (SSSR count). The minimum absolute atomic E-state index is 0.150. The van der Waals surface area contributed by atoms with Gasteiger partial charge in [-0.3, -0.25) is 0 Å². The van der Waals surface area contributed by atoms with E-state index < -0.39 is 0 Å². The second-order valence-corrected chi connectivity index (χ2v) is 5.11. The standard InChI is InChI=1S/C12H11NO.C3H5N5/c1-12(2)6-5-10-7-9(8-13)3-4-11(10)14-12;4-2-6-1-7-3(5)8-2/h3-7H,1-2H3;1H,(H4,4,5,6,7,8). The number of aromatic nitrogens is 3. The van der Waals surface area contributed by atoms with Crippen LogP contribution in [0.15, 0.2) is 30.6 Å². The van der Waals surface area contributed by atoms with E-state index in [1.54, 1.807) is 6.07 Å². The third-order valence-corrected chi connectivity index (χ3v) is 2.79. The number of hydrogen-bond acceptors (Lipinski definition) is 7. The molecular weight excluding hydrogens is 280 g/mol. The summed E-state index contributed by atoms with van der Waals surface area (Å²) in [6.45, 7) is 4.01. The van der Waals surface area contributed by atoms with Crippen molar-refractivity contribution >= 4 is 18.0 Å². The van der Waals surface area contributed by atoms with Crippen LogP contribution in [-0.4, -0.2) is 20.6 Å². The summed E-state index contributed by atoms with van der Waals surface area (Å²) in [6.07, 6.45) is 5.26. The first-order valence-electron chi connectivity index (χ1n) is 6.52. The van der Waals surface area contributed by atoms with Gasteiger partial charge in [0.1, 0.15) is 17.7 Å². The fraction of sp³-hybridized carbons (Fsp3) is 0.200. The van der Waals surface area contributed by atoms with Crippen LogP contribution in [0.4, 0.5) is 11.9 Å². The minimum atomic E-state index is -0.249. The van der Waals surface area contributed by atoms with Crippen molar-refractivity contribution in [3.63, 3.8) is 0 Å². The van der Waals surface area contributed by atoms with Gasteiger partial charge in [-0.2, -0.15) is 10.2 Å². The van der Waals surface area contributed by atoms with Crippen molar-refractivity contribution in [3.8, 4) is 11.8 Å². The van der Waals surface area contributed by atoms with Crippen molar-refractivity contribution in [2.45, 2.75) is 19.4 Å². The second kappa shape index (κ2) is 6.10. The zero-order valence-corrected chi connectivity index (χ0v) is 12.3. The highest BCUT2D eigenvalue weighted by molar-refractivity contribution is 5.62. The molecule has 0 saturated heterocycles. The zero-order chi connectivity index (χ0) is 16.2. The Hall–Kier alpha value is -3.14. The van der Waals surface area contributed by atoms with E-state index in [1.807, 2.05) is 38.1 Å². The third kappa shape index (κ3) is 3.93.